The van der Waals surface area contributed by atoms with Gasteiger partial charge in [-0.2, -0.15) is 4.98 Å². The molecular weight excluding hydrogens is 302 g/mol. The maximum atomic E-state index is 12.2. The molecule has 8 heteroatoms. The second kappa shape index (κ2) is 7.57. The summed E-state index contributed by atoms with van der Waals surface area (Å²) < 4.78 is 10.0. The van der Waals surface area contributed by atoms with Crippen LogP contribution in [0.15, 0.2) is 27.5 Å². The summed E-state index contributed by atoms with van der Waals surface area (Å²) >= 11 is 0. The molecule has 2 aromatic heterocycles. The number of furan rings is 1. The number of carbonyl (C=O) groups excluding carboxylic acids is 1. The summed E-state index contributed by atoms with van der Waals surface area (Å²) in [4.78, 5) is 28.7. The Morgan fingerprint density at radius 3 is 2.83 bits per heavy atom. The summed E-state index contributed by atoms with van der Waals surface area (Å²) in [6, 6.07) is 1.57. The highest BCUT2D eigenvalue weighted by atomic mass is 16.5. The van der Waals surface area contributed by atoms with Crippen molar-refractivity contribution in [2.24, 2.45) is 0 Å². The molecule has 1 N–H and O–H groups in total. The highest BCUT2D eigenvalue weighted by Gasteiger charge is 2.22. The lowest BCUT2D eigenvalue weighted by molar-refractivity contribution is -0.146. The first-order valence-electron chi connectivity index (χ1n) is 7.37. The van der Waals surface area contributed by atoms with Gasteiger partial charge in [0.1, 0.15) is 12.8 Å². The van der Waals surface area contributed by atoms with E-state index in [1.807, 2.05) is 13.8 Å². The Morgan fingerprint density at radius 1 is 1.43 bits per heavy atom. The van der Waals surface area contributed by atoms with Gasteiger partial charge in [0.2, 0.25) is 17.6 Å². The van der Waals surface area contributed by atoms with Crippen molar-refractivity contribution < 1.29 is 23.6 Å². The summed E-state index contributed by atoms with van der Waals surface area (Å²) in [6.45, 7) is 3.42. The van der Waals surface area contributed by atoms with E-state index in [9.17, 15) is 9.59 Å². The van der Waals surface area contributed by atoms with Gasteiger partial charge in [-0.3, -0.25) is 9.59 Å². The van der Waals surface area contributed by atoms with Crippen molar-refractivity contribution in [2.45, 2.75) is 39.2 Å². The van der Waals surface area contributed by atoms with Gasteiger partial charge < -0.3 is 18.9 Å². The molecule has 2 rings (SSSR count). The highest BCUT2D eigenvalue weighted by molar-refractivity contribution is 5.81. The van der Waals surface area contributed by atoms with E-state index in [-0.39, 0.29) is 31.3 Å². The van der Waals surface area contributed by atoms with E-state index in [0.29, 0.717) is 23.7 Å². The molecule has 1 amide bonds. The van der Waals surface area contributed by atoms with E-state index >= 15 is 0 Å². The van der Waals surface area contributed by atoms with E-state index in [2.05, 4.69) is 10.1 Å². The lowest BCUT2D eigenvalue weighted by Gasteiger charge is -2.26. The van der Waals surface area contributed by atoms with E-state index < -0.39 is 5.97 Å². The van der Waals surface area contributed by atoms with Crippen LogP contribution in [0.4, 0.5) is 0 Å². The van der Waals surface area contributed by atoms with Crippen LogP contribution < -0.4 is 0 Å². The van der Waals surface area contributed by atoms with Crippen LogP contribution in [0, 0.1) is 0 Å². The van der Waals surface area contributed by atoms with Crippen LogP contribution in [0.25, 0.3) is 11.4 Å². The van der Waals surface area contributed by atoms with Gasteiger partial charge in [-0.15, -0.1) is 0 Å². The molecule has 2 heterocycles. The van der Waals surface area contributed by atoms with Crippen LogP contribution in [0.2, 0.25) is 0 Å². The Bertz CT molecular complexity index is 650. The number of aliphatic carboxylic acids is 1. The standard InChI is InChI=1S/C15H19N3O5/c1-3-10(2)18(8-14(20)21)13(19)5-4-12-16-15(17-23-12)11-6-7-22-9-11/h6-7,9-10H,3-5,8H2,1-2H3,(H,20,21). The topological polar surface area (TPSA) is 110 Å². The predicted molar refractivity (Wildman–Crippen MR) is 79.4 cm³/mol. The molecular formula is C15H19N3O5. The lowest BCUT2D eigenvalue weighted by Crippen LogP contribution is -2.41. The van der Waals surface area contributed by atoms with Gasteiger partial charge in [-0.05, 0) is 19.4 Å². The van der Waals surface area contributed by atoms with Crippen LogP contribution in [-0.4, -0.2) is 44.6 Å². The molecule has 0 fully saturated rings. The molecule has 0 saturated carbocycles. The van der Waals surface area contributed by atoms with Gasteiger partial charge in [-0.25, -0.2) is 0 Å². The number of aromatic nitrogens is 2. The van der Waals surface area contributed by atoms with Crippen LogP contribution in [-0.2, 0) is 16.0 Å². The third-order valence-corrected chi connectivity index (χ3v) is 3.55. The number of rotatable bonds is 8. The zero-order chi connectivity index (χ0) is 16.8. The number of carbonyl (C=O) groups is 2. The van der Waals surface area contributed by atoms with Crippen molar-refractivity contribution in [2.75, 3.05) is 6.54 Å². The van der Waals surface area contributed by atoms with E-state index in [0.717, 1.165) is 0 Å². The largest absolute Gasteiger partial charge is 0.480 e. The molecule has 1 unspecified atom stereocenters. The van der Waals surface area contributed by atoms with E-state index in [4.69, 9.17) is 14.0 Å². The van der Waals surface area contributed by atoms with Gasteiger partial charge in [-0.1, -0.05) is 12.1 Å². The fourth-order valence-electron chi connectivity index (χ4n) is 2.08. The second-order valence-corrected chi connectivity index (χ2v) is 5.20. The molecule has 2 aromatic rings. The average molecular weight is 321 g/mol. The Morgan fingerprint density at radius 2 is 2.22 bits per heavy atom. The van der Waals surface area contributed by atoms with Crippen molar-refractivity contribution in [1.29, 1.82) is 0 Å². The second-order valence-electron chi connectivity index (χ2n) is 5.20. The molecule has 0 spiro atoms. The van der Waals surface area contributed by atoms with Crippen molar-refractivity contribution in [1.82, 2.24) is 15.0 Å². The molecule has 124 valence electrons. The maximum absolute atomic E-state index is 12.2. The van der Waals surface area contributed by atoms with Gasteiger partial charge >= 0.3 is 5.97 Å². The number of amides is 1. The molecule has 0 bridgehead atoms. The van der Waals surface area contributed by atoms with Crippen molar-refractivity contribution >= 4 is 11.9 Å². The Hall–Kier alpha value is -2.64. The van der Waals surface area contributed by atoms with Gasteiger partial charge in [0.25, 0.3) is 0 Å². The van der Waals surface area contributed by atoms with E-state index in [1.54, 1.807) is 6.07 Å². The Kier molecular flexibility index (Phi) is 5.51. The summed E-state index contributed by atoms with van der Waals surface area (Å²) in [5.41, 5.74) is 0.693. The quantitative estimate of drug-likeness (QED) is 0.791. The molecule has 0 aliphatic heterocycles. The van der Waals surface area contributed by atoms with Gasteiger partial charge in [0.05, 0.1) is 11.8 Å². The fraction of sp³-hybridized carbons (Fsp3) is 0.467. The third-order valence-electron chi connectivity index (χ3n) is 3.55. The van der Waals surface area contributed by atoms with Crippen molar-refractivity contribution in [3.63, 3.8) is 0 Å². The van der Waals surface area contributed by atoms with Crippen LogP contribution in [0.3, 0.4) is 0 Å². The van der Waals surface area contributed by atoms with Gasteiger partial charge in [0.15, 0.2) is 0 Å². The molecule has 1 atom stereocenters. The zero-order valence-electron chi connectivity index (χ0n) is 13.1. The SMILES string of the molecule is CCC(C)N(CC(=O)O)C(=O)CCc1nc(-c2ccoc2)no1. The number of nitrogens with zero attached hydrogens (tertiary/aromatic N) is 3. The smallest absolute Gasteiger partial charge is 0.323 e. The summed E-state index contributed by atoms with van der Waals surface area (Å²) in [5.74, 6) is -0.553. The minimum Gasteiger partial charge on any atom is -0.480 e. The highest BCUT2D eigenvalue weighted by Crippen LogP contribution is 2.16. The first-order valence-corrected chi connectivity index (χ1v) is 7.37. The summed E-state index contributed by atoms with van der Waals surface area (Å²) in [6.07, 6.45) is 4.06. The van der Waals surface area contributed by atoms with Crippen molar-refractivity contribution in [3.8, 4) is 11.4 Å². The molecule has 8 nitrogen and oxygen atoms in total. The number of hydrogen-bond donors (Lipinski definition) is 1. The van der Waals surface area contributed by atoms with Crippen LogP contribution in [0.1, 0.15) is 32.6 Å². The number of carboxylic acid groups (broad SMARTS) is 1. The first-order chi connectivity index (χ1) is 11.0. The molecule has 0 aliphatic rings. The van der Waals surface area contributed by atoms with Crippen LogP contribution >= 0.6 is 0 Å². The van der Waals surface area contributed by atoms with Crippen LogP contribution in [0.5, 0.6) is 0 Å². The summed E-state index contributed by atoms with van der Waals surface area (Å²) in [5, 5.41) is 12.7. The predicted octanol–water partition coefficient (Wildman–Crippen LogP) is 1.97. The molecule has 0 saturated heterocycles. The minimum atomic E-state index is -1.03. The molecule has 0 radical (unpaired) electrons. The number of hydrogen-bond acceptors (Lipinski definition) is 6. The zero-order valence-corrected chi connectivity index (χ0v) is 13.1. The van der Waals surface area contributed by atoms with Gasteiger partial charge in [0, 0.05) is 18.9 Å². The fourth-order valence-corrected chi connectivity index (χ4v) is 2.08. The number of aryl methyl sites for hydroxylation is 1. The number of carboxylic acids is 1. The Balaban J connectivity index is 1.96. The third kappa shape index (κ3) is 4.41. The normalized spacial score (nSPS) is 12.1. The molecule has 0 aliphatic carbocycles. The monoisotopic (exact) mass is 321 g/mol. The van der Waals surface area contributed by atoms with E-state index in [1.165, 1.54) is 17.4 Å². The minimum absolute atomic E-state index is 0.116. The summed E-state index contributed by atoms with van der Waals surface area (Å²) in [7, 11) is 0. The Labute approximate surface area is 133 Å². The maximum Gasteiger partial charge on any atom is 0.323 e. The molecule has 23 heavy (non-hydrogen) atoms. The first kappa shape index (κ1) is 16.7. The molecule has 0 aromatic carbocycles. The lowest BCUT2D eigenvalue weighted by atomic mass is 10.2. The van der Waals surface area contributed by atoms with Crippen molar-refractivity contribution in [3.05, 3.63) is 24.5 Å². The average Bonchev–Trinajstić information content (AvgIpc) is 3.19.